The van der Waals surface area contributed by atoms with Crippen LogP contribution in [0.1, 0.15) is 24.0 Å². The van der Waals surface area contributed by atoms with Crippen LogP contribution in [-0.4, -0.2) is 39.0 Å². The zero-order valence-electron chi connectivity index (χ0n) is 12.0. The molecule has 21 heavy (non-hydrogen) atoms. The minimum atomic E-state index is -3.52. The molecule has 5 nitrogen and oxygen atoms in total. The maximum Gasteiger partial charge on any atom is 0.243 e. The van der Waals surface area contributed by atoms with Gasteiger partial charge in [0.1, 0.15) is 0 Å². The average molecular weight is 306 g/mol. The fourth-order valence-corrected chi connectivity index (χ4v) is 4.33. The molecule has 1 heterocycles. The molecule has 2 fully saturated rings. The quantitative estimate of drug-likeness (QED) is 0.833. The molecular formula is C15H18N2O3S. The highest BCUT2D eigenvalue weighted by atomic mass is 32.2. The Morgan fingerprint density at radius 2 is 2.14 bits per heavy atom. The molecular weight excluding hydrogens is 288 g/mol. The number of nitrogens with zero attached hydrogens (tertiary/aromatic N) is 2. The summed E-state index contributed by atoms with van der Waals surface area (Å²) >= 11 is 0. The second-order valence-electron chi connectivity index (χ2n) is 5.98. The van der Waals surface area contributed by atoms with Crippen molar-refractivity contribution in [2.45, 2.75) is 24.7 Å². The topological polar surface area (TPSA) is 70.4 Å². The Hall–Kier alpha value is -1.42. The van der Waals surface area contributed by atoms with E-state index in [0.717, 1.165) is 12.8 Å². The summed E-state index contributed by atoms with van der Waals surface area (Å²) in [6.45, 7) is 3.78. The number of hydrogen-bond acceptors (Lipinski definition) is 4. The van der Waals surface area contributed by atoms with E-state index in [4.69, 9.17) is 10.00 Å². The third-order valence-electron chi connectivity index (χ3n) is 4.32. The molecule has 0 N–H and O–H groups in total. The lowest BCUT2D eigenvalue weighted by atomic mass is 10.1. The van der Waals surface area contributed by atoms with Gasteiger partial charge in [0, 0.05) is 18.5 Å². The molecule has 112 valence electrons. The standard InChI is InChI=1S/C15H18N2O3S/c1-12-8-14(3-2-13(12)9-16)21(18,19)17-6-7-20-11-15(10-17)4-5-15/h2-3,8H,4-7,10-11H2,1H3. The van der Waals surface area contributed by atoms with Crippen molar-refractivity contribution >= 4 is 10.0 Å². The first-order chi connectivity index (χ1) is 9.97. The molecule has 1 aliphatic carbocycles. The molecule has 0 atom stereocenters. The monoisotopic (exact) mass is 306 g/mol. The molecule has 0 unspecified atom stereocenters. The number of nitriles is 1. The largest absolute Gasteiger partial charge is 0.379 e. The number of sulfonamides is 1. The summed E-state index contributed by atoms with van der Waals surface area (Å²) in [5.41, 5.74) is 1.23. The number of aryl methyl sites for hydroxylation is 1. The fourth-order valence-electron chi connectivity index (χ4n) is 2.71. The van der Waals surface area contributed by atoms with Crippen LogP contribution in [0.25, 0.3) is 0 Å². The first kappa shape index (κ1) is 14.5. The van der Waals surface area contributed by atoms with Gasteiger partial charge in [-0.05, 0) is 43.5 Å². The maximum atomic E-state index is 12.8. The molecule has 1 saturated heterocycles. The van der Waals surface area contributed by atoms with Crippen molar-refractivity contribution in [2.24, 2.45) is 5.41 Å². The number of ether oxygens (including phenoxy) is 1. The van der Waals surface area contributed by atoms with Gasteiger partial charge < -0.3 is 4.74 Å². The molecule has 1 aromatic rings. The Balaban J connectivity index is 1.92. The van der Waals surface area contributed by atoms with Gasteiger partial charge in [-0.3, -0.25) is 0 Å². The maximum absolute atomic E-state index is 12.8. The zero-order valence-corrected chi connectivity index (χ0v) is 12.8. The number of benzene rings is 1. The van der Waals surface area contributed by atoms with Crippen LogP contribution in [-0.2, 0) is 14.8 Å². The Bertz CT molecular complexity index is 702. The predicted octanol–water partition coefficient (Wildman–Crippen LogP) is 1.67. The van der Waals surface area contributed by atoms with Gasteiger partial charge in [0.05, 0.1) is 29.7 Å². The molecule has 0 aromatic heterocycles. The molecule has 0 amide bonds. The highest BCUT2D eigenvalue weighted by Crippen LogP contribution is 2.47. The normalized spacial score (nSPS) is 21.7. The minimum absolute atomic E-state index is 0.0329. The summed E-state index contributed by atoms with van der Waals surface area (Å²) in [6.07, 6.45) is 2.07. The molecule has 6 heteroatoms. The first-order valence-electron chi connectivity index (χ1n) is 7.06. The first-order valence-corrected chi connectivity index (χ1v) is 8.50. The van der Waals surface area contributed by atoms with Gasteiger partial charge in [0.2, 0.25) is 10.0 Å². The van der Waals surface area contributed by atoms with E-state index >= 15 is 0 Å². The van der Waals surface area contributed by atoms with Crippen molar-refractivity contribution < 1.29 is 13.2 Å². The van der Waals surface area contributed by atoms with Crippen molar-refractivity contribution in [3.05, 3.63) is 29.3 Å². The smallest absolute Gasteiger partial charge is 0.243 e. The summed E-state index contributed by atoms with van der Waals surface area (Å²) < 4.78 is 32.7. The van der Waals surface area contributed by atoms with Crippen LogP contribution in [0.3, 0.4) is 0 Å². The van der Waals surface area contributed by atoms with Gasteiger partial charge in [0.25, 0.3) is 0 Å². The van der Waals surface area contributed by atoms with Crippen LogP contribution < -0.4 is 0 Å². The molecule has 1 spiro atoms. The Morgan fingerprint density at radius 1 is 1.38 bits per heavy atom. The van der Waals surface area contributed by atoms with Crippen molar-refractivity contribution in [3.63, 3.8) is 0 Å². The van der Waals surface area contributed by atoms with E-state index in [-0.39, 0.29) is 10.3 Å². The van der Waals surface area contributed by atoms with Crippen molar-refractivity contribution in [2.75, 3.05) is 26.3 Å². The van der Waals surface area contributed by atoms with E-state index in [0.29, 0.717) is 37.4 Å². The molecule has 1 aromatic carbocycles. The number of rotatable bonds is 2. The number of hydrogen-bond donors (Lipinski definition) is 0. The summed E-state index contributed by atoms with van der Waals surface area (Å²) in [5, 5.41) is 8.95. The summed E-state index contributed by atoms with van der Waals surface area (Å²) in [5.74, 6) is 0. The summed E-state index contributed by atoms with van der Waals surface area (Å²) in [6, 6.07) is 6.73. The third-order valence-corrected chi connectivity index (χ3v) is 6.16. The predicted molar refractivity (Wildman–Crippen MR) is 77.1 cm³/mol. The molecule has 3 rings (SSSR count). The van der Waals surface area contributed by atoms with Crippen LogP contribution in [0.4, 0.5) is 0 Å². The summed E-state index contributed by atoms with van der Waals surface area (Å²) in [7, 11) is -3.52. The lowest BCUT2D eigenvalue weighted by molar-refractivity contribution is 0.115. The highest BCUT2D eigenvalue weighted by Gasteiger charge is 2.47. The molecule has 0 radical (unpaired) electrons. The lowest BCUT2D eigenvalue weighted by Crippen LogP contribution is -2.36. The molecule has 2 aliphatic rings. The molecule has 1 aliphatic heterocycles. The SMILES string of the molecule is Cc1cc(S(=O)(=O)N2CCOCC3(CC3)C2)ccc1C#N. The third kappa shape index (κ3) is 2.69. The lowest BCUT2D eigenvalue weighted by Gasteiger charge is -2.23. The van der Waals surface area contributed by atoms with Crippen molar-refractivity contribution in [3.8, 4) is 6.07 Å². The second-order valence-corrected chi connectivity index (χ2v) is 7.92. The van der Waals surface area contributed by atoms with E-state index in [1.165, 1.54) is 10.4 Å². The van der Waals surface area contributed by atoms with Crippen LogP contribution in [0.5, 0.6) is 0 Å². The Kier molecular flexibility index (Phi) is 3.52. The highest BCUT2D eigenvalue weighted by molar-refractivity contribution is 7.89. The minimum Gasteiger partial charge on any atom is -0.379 e. The van der Waals surface area contributed by atoms with Crippen molar-refractivity contribution in [1.82, 2.24) is 4.31 Å². The van der Waals surface area contributed by atoms with Gasteiger partial charge in [-0.15, -0.1) is 0 Å². The molecule has 0 bridgehead atoms. The second kappa shape index (κ2) is 5.09. The van der Waals surface area contributed by atoms with E-state index in [2.05, 4.69) is 6.07 Å². The van der Waals surface area contributed by atoms with Gasteiger partial charge >= 0.3 is 0 Å². The van der Waals surface area contributed by atoms with Crippen LogP contribution in [0, 0.1) is 23.7 Å². The zero-order chi connectivity index (χ0) is 15.1. The van der Waals surface area contributed by atoms with Gasteiger partial charge in [0.15, 0.2) is 0 Å². The Morgan fingerprint density at radius 3 is 2.76 bits per heavy atom. The van der Waals surface area contributed by atoms with E-state index < -0.39 is 10.0 Å². The molecule has 1 saturated carbocycles. The van der Waals surface area contributed by atoms with E-state index in [1.54, 1.807) is 19.1 Å². The van der Waals surface area contributed by atoms with Gasteiger partial charge in [-0.2, -0.15) is 9.57 Å². The van der Waals surface area contributed by atoms with Crippen molar-refractivity contribution in [1.29, 1.82) is 5.26 Å². The average Bonchev–Trinajstić information content (AvgIpc) is 3.25. The Labute approximate surface area is 125 Å². The fraction of sp³-hybridized carbons (Fsp3) is 0.533. The van der Waals surface area contributed by atoms with E-state index in [1.807, 2.05) is 0 Å². The summed E-state index contributed by atoms with van der Waals surface area (Å²) in [4.78, 5) is 0.261. The van der Waals surface area contributed by atoms with Gasteiger partial charge in [-0.1, -0.05) is 0 Å². The van der Waals surface area contributed by atoms with Crippen LogP contribution in [0.2, 0.25) is 0 Å². The van der Waals surface area contributed by atoms with Crippen LogP contribution >= 0.6 is 0 Å². The van der Waals surface area contributed by atoms with Gasteiger partial charge in [-0.25, -0.2) is 8.42 Å². The van der Waals surface area contributed by atoms with E-state index in [9.17, 15) is 8.42 Å². The van der Waals surface area contributed by atoms with Crippen LogP contribution in [0.15, 0.2) is 23.1 Å².